The molecule has 2 rings (SSSR count). The maximum atomic E-state index is 12.5. The molecule has 0 bridgehead atoms. The standard InChI is InChI=1S/C12H19BrN4O.ClH/c1-7(2)10-9(13)11(16-15-10)12(18)17-5-4-14-6-8(17)3;/h7-8,14H,4-6H2,1-3H3,(H,15,16);1H/t8-;/m1./s1. The molecule has 1 aliphatic rings. The molecule has 0 aromatic carbocycles. The van der Waals surface area contributed by atoms with Crippen molar-refractivity contribution < 1.29 is 4.79 Å². The zero-order valence-electron chi connectivity index (χ0n) is 11.4. The van der Waals surface area contributed by atoms with Crippen LogP contribution in [0, 0.1) is 0 Å². The van der Waals surface area contributed by atoms with Gasteiger partial charge in [-0.05, 0) is 28.8 Å². The monoisotopic (exact) mass is 350 g/mol. The second kappa shape index (κ2) is 6.72. The van der Waals surface area contributed by atoms with Crippen LogP contribution in [0.2, 0.25) is 0 Å². The molecule has 1 aromatic rings. The number of aromatic nitrogens is 2. The van der Waals surface area contributed by atoms with Gasteiger partial charge in [0.25, 0.3) is 5.91 Å². The molecule has 0 spiro atoms. The number of H-pyrrole nitrogens is 1. The highest BCUT2D eigenvalue weighted by atomic mass is 79.9. The number of amides is 1. The fourth-order valence-corrected chi connectivity index (χ4v) is 2.95. The van der Waals surface area contributed by atoms with Crippen molar-refractivity contribution in [1.82, 2.24) is 20.4 Å². The van der Waals surface area contributed by atoms with E-state index in [9.17, 15) is 4.79 Å². The van der Waals surface area contributed by atoms with Crippen molar-refractivity contribution in [2.75, 3.05) is 19.6 Å². The first-order valence-corrected chi connectivity index (χ1v) is 7.07. The Morgan fingerprint density at radius 1 is 1.53 bits per heavy atom. The second-order valence-corrected chi connectivity index (χ2v) is 5.80. The van der Waals surface area contributed by atoms with Crippen LogP contribution >= 0.6 is 28.3 Å². The van der Waals surface area contributed by atoms with Crippen LogP contribution in [0.5, 0.6) is 0 Å². The van der Waals surface area contributed by atoms with Crippen LogP contribution in [-0.4, -0.2) is 46.7 Å². The summed E-state index contributed by atoms with van der Waals surface area (Å²) in [6, 6.07) is 0.206. The molecule has 1 saturated heterocycles. The van der Waals surface area contributed by atoms with E-state index in [1.165, 1.54) is 0 Å². The smallest absolute Gasteiger partial charge is 0.275 e. The lowest BCUT2D eigenvalue weighted by molar-refractivity contribution is 0.0648. The summed E-state index contributed by atoms with van der Waals surface area (Å²) < 4.78 is 0.799. The second-order valence-electron chi connectivity index (χ2n) is 5.01. The molecule has 5 nitrogen and oxygen atoms in total. The summed E-state index contributed by atoms with van der Waals surface area (Å²) in [6.07, 6.45) is 0. The van der Waals surface area contributed by atoms with Gasteiger partial charge in [0.05, 0.1) is 10.2 Å². The third kappa shape index (κ3) is 3.30. The van der Waals surface area contributed by atoms with Gasteiger partial charge in [0.2, 0.25) is 0 Å². The van der Waals surface area contributed by atoms with Crippen molar-refractivity contribution in [2.45, 2.75) is 32.7 Å². The molecule has 2 N–H and O–H groups in total. The number of rotatable bonds is 2. The number of carbonyl (C=O) groups is 1. The minimum absolute atomic E-state index is 0. The predicted molar refractivity (Wildman–Crippen MR) is 81.0 cm³/mol. The number of carbonyl (C=O) groups excluding carboxylic acids is 1. The highest BCUT2D eigenvalue weighted by Crippen LogP contribution is 2.26. The first-order valence-electron chi connectivity index (χ1n) is 6.27. The fraction of sp³-hybridized carbons (Fsp3) is 0.667. The Hall–Kier alpha value is -0.590. The fourth-order valence-electron chi connectivity index (χ4n) is 2.14. The zero-order chi connectivity index (χ0) is 13.3. The van der Waals surface area contributed by atoms with Crippen molar-refractivity contribution in [3.05, 3.63) is 15.9 Å². The lowest BCUT2D eigenvalue weighted by Crippen LogP contribution is -2.52. The van der Waals surface area contributed by atoms with E-state index in [-0.39, 0.29) is 24.4 Å². The molecule has 2 heterocycles. The van der Waals surface area contributed by atoms with E-state index >= 15 is 0 Å². The van der Waals surface area contributed by atoms with Gasteiger partial charge in [0, 0.05) is 25.7 Å². The average molecular weight is 352 g/mol. The van der Waals surface area contributed by atoms with Gasteiger partial charge < -0.3 is 10.2 Å². The van der Waals surface area contributed by atoms with E-state index in [0.29, 0.717) is 11.6 Å². The normalized spacial score (nSPS) is 19.4. The molecule has 1 aliphatic heterocycles. The SMILES string of the molecule is CC(C)c1[nH]nc(C(=O)N2CCNC[C@H]2C)c1Br.Cl. The van der Waals surface area contributed by atoms with E-state index in [1.807, 2.05) is 11.8 Å². The number of halogens is 2. The van der Waals surface area contributed by atoms with Crippen LogP contribution in [0.15, 0.2) is 4.47 Å². The Labute approximate surface area is 128 Å². The molecule has 1 atom stereocenters. The quantitative estimate of drug-likeness (QED) is 0.858. The minimum Gasteiger partial charge on any atom is -0.332 e. The summed E-state index contributed by atoms with van der Waals surface area (Å²) in [5, 5.41) is 10.4. The summed E-state index contributed by atoms with van der Waals surface area (Å²) in [4.78, 5) is 14.3. The van der Waals surface area contributed by atoms with Crippen LogP contribution < -0.4 is 5.32 Å². The van der Waals surface area contributed by atoms with Gasteiger partial charge in [0.1, 0.15) is 0 Å². The van der Waals surface area contributed by atoms with Gasteiger partial charge in [-0.15, -0.1) is 12.4 Å². The Morgan fingerprint density at radius 2 is 2.21 bits per heavy atom. The molecule has 0 saturated carbocycles. The van der Waals surface area contributed by atoms with Crippen LogP contribution in [0.3, 0.4) is 0 Å². The van der Waals surface area contributed by atoms with Crippen LogP contribution in [-0.2, 0) is 0 Å². The third-order valence-electron chi connectivity index (χ3n) is 3.27. The van der Waals surface area contributed by atoms with Gasteiger partial charge in [-0.3, -0.25) is 9.89 Å². The van der Waals surface area contributed by atoms with Crippen molar-refractivity contribution in [3.63, 3.8) is 0 Å². The summed E-state index contributed by atoms with van der Waals surface area (Å²) >= 11 is 3.48. The highest BCUT2D eigenvalue weighted by Gasteiger charge is 2.28. The molecule has 108 valence electrons. The zero-order valence-corrected chi connectivity index (χ0v) is 13.8. The van der Waals surface area contributed by atoms with Crippen LogP contribution in [0.1, 0.15) is 42.9 Å². The number of aromatic amines is 1. The van der Waals surface area contributed by atoms with Gasteiger partial charge in [-0.2, -0.15) is 5.10 Å². The maximum Gasteiger partial charge on any atom is 0.275 e. The Kier molecular flexibility index (Phi) is 5.82. The maximum absolute atomic E-state index is 12.5. The molecular weight excluding hydrogens is 332 g/mol. The summed E-state index contributed by atoms with van der Waals surface area (Å²) in [5.41, 5.74) is 1.47. The van der Waals surface area contributed by atoms with E-state index in [0.717, 1.165) is 29.8 Å². The Balaban J connectivity index is 0.00000180. The number of piperazine rings is 1. The first-order chi connectivity index (χ1) is 8.52. The number of hydrogen-bond donors (Lipinski definition) is 2. The van der Waals surface area contributed by atoms with Crippen molar-refractivity contribution in [3.8, 4) is 0 Å². The minimum atomic E-state index is -0.000903. The topological polar surface area (TPSA) is 61.0 Å². The molecule has 7 heteroatoms. The van der Waals surface area contributed by atoms with Crippen LogP contribution in [0.25, 0.3) is 0 Å². The highest BCUT2D eigenvalue weighted by molar-refractivity contribution is 9.10. The lowest BCUT2D eigenvalue weighted by atomic mass is 10.1. The summed E-state index contributed by atoms with van der Waals surface area (Å²) in [7, 11) is 0. The molecular formula is C12H20BrClN4O. The molecule has 1 fully saturated rings. The Morgan fingerprint density at radius 3 is 2.74 bits per heavy atom. The molecule has 1 aromatic heterocycles. The molecule has 0 radical (unpaired) electrons. The molecule has 0 unspecified atom stereocenters. The lowest BCUT2D eigenvalue weighted by Gasteiger charge is -2.33. The summed E-state index contributed by atoms with van der Waals surface area (Å²) in [5.74, 6) is 0.313. The van der Waals surface area contributed by atoms with E-state index < -0.39 is 0 Å². The third-order valence-corrected chi connectivity index (χ3v) is 4.08. The first kappa shape index (κ1) is 16.5. The number of nitrogens with one attached hydrogen (secondary N) is 2. The molecule has 19 heavy (non-hydrogen) atoms. The Bertz CT molecular complexity index is 449. The van der Waals surface area contributed by atoms with Crippen LogP contribution in [0.4, 0.5) is 0 Å². The van der Waals surface area contributed by atoms with Gasteiger partial charge >= 0.3 is 0 Å². The number of hydrogen-bond acceptors (Lipinski definition) is 3. The van der Waals surface area contributed by atoms with Crippen molar-refractivity contribution >= 4 is 34.2 Å². The van der Waals surface area contributed by atoms with Crippen molar-refractivity contribution in [1.29, 1.82) is 0 Å². The van der Waals surface area contributed by atoms with Gasteiger partial charge in [0.15, 0.2) is 5.69 Å². The van der Waals surface area contributed by atoms with E-state index in [4.69, 9.17) is 0 Å². The van der Waals surface area contributed by atoms with Gasteiger partial charge in [-0.25, -0.2) is 0 Å². The average Bonchev–Trinajstić information content (AvgIpc) is 2.71. The predicted octanol–water partition coefficient (Wildman–Crippen LogP) is 2.15. The number of nitrogens with zero attached hydrogens (tertiary/aromatic N) is 2. The summed E-state index contributed by atoms with van der Waals surface area (Å²) in [6.45, 7) is 8.60. The van der Waals surface area contributed by atoms with Crippen molar-refractivity contribution in [2.24, 2.45) is 0 Å². The van der Waals surface area contributed by atoms with E-state index in [2.05, 4.69) is 45.3 Å². The van der Waals surface area contributed by atoms with E-state index in [1.54, 1.807) is 0 Å². The molecule has 1 amide bonds. The largest absolute Gasteiger partial charge is 0.332 e. The van der Waals surface area contributed by atoms with Gasteiger partial charge in [-0.1, -0.05) is 13.8 Å². The molecule has 0 aliphatic carbocycles.